The van der Waals surface area contributed by atoms with E-state index in [9.17, 15) is 0 Å². The first kappa shape index (κ1) is 14.4. The van der Waals surface area contributed by atoms with Gasteiger partial charge < -0.3 is 15.2 Å². The van der Waals surface area contributed by atoms with Crippen molar-refractivity contribution in [3.05, 3.63) is 41.7 Å². The third-order valence-corrected chi connectivity index (χ3v) is 3.84. The van der Waals surface area contributed by atoms with E-state index in [0.717, 1.165) is 24.5 Å². The van der Waals surface area contributed by atoms with E-state index in [0.29, 0.717) is 18.2 Å². The van der Waals surface area contributed by atoms with Crippen LogP contribution in [-0.2, 0) is 4.74 Å². The van der Waals surface area contributed by atoms with E-state index in [1.807, 2.05) is 24.3 Å². The smallest absolute Gasteiger partial charge is 0.119 e. The summed E-state index contributed by atoms with van der Waals surface area (Å²) >= 11 is 5.86. The third kappa shape index (κ3) is 3.56. The quantitative estimate of drug-likeness (QED) is 0.941. The molecule has 1 aliphatic rings. The normalized spacial score (nSPS) is 22.2. The lowest BCUT2D eigenvalue weighted by Crippen LogP contribution is -2.41. The summed E-state index contributed by atoms with van der Waals surface area (Å²) in [4.78, 5) is 0. The van der Waals surface area contributed by atoms with Crippen LogP contribution in [0.1, 0.15) is 6.42 Å². The number of nitrogens with two attached hydrogens (primary N) is 1. The molecule has 1 aliphatic heterocycles. The zero-order valence-electron chi connectivity index (χ0n) is 11.6. The number of aromatic nitrogens is 2. The highest BCUT2D eigenvalue weighted by molar-refractivity contribution is 6.30. The molecular weight excluding hydrogens is 290 g/mol. The lowest BCUT2D eigenvalue weighted by Gasteiger charge is -2.28. The fourth-order valence-electron chi connectivity index (χ4n) is 2.33. The molecule has 112 valence electrons. The minimum atomic E-state index is 0.157. The maximum absolute atomic E-state index is 6.06. The molecule has 0 aliphatic carbocycles. The van der Waals surface area contributed by atoms with Gasteiger partial charge in [-0.15, -0.1) is 0 Å². The maximum atomic E-state index is 6.06. The zero-order chi connectivity index (χ0) is 14.7. The highest BCUT2D eigenvalue weighted by Gasteiger charge is 2.22. The van der Waals surface area contributed by atoms with Crippen molar-refractivity contribution < 1.29 is 9.47 Å². The Morgan fingerprint density at radius 3 is 2.86 bits per heavy atom. The molecule has 2 aromatic rings. The predicted molar refractivity (Wildman–Crippen MR) is 81.0 cm³/mol. The number of ether oxygens (including phenoxy) is 2. The molecule has 2 N–H and O–H groups in total. The van der Waals surface area contributed by atoms with E-state index >= 15 is 0 Å². The van der Waals surface area contributed by atoms with Crippen LogP contribution in [0.25, 0.3) is 5.69 Å². The van der Waals surface area contributed by atoms with Crippen LogP contribution in [0.15, 0.2) is 36.7 Å². The van der Waals surface area contributed by atoms with Crippen molar-refractivity contribution in [1.82, 2.24) is 9.78 Å². The lowest BCUT2D eigenvalue weighted by atomic mass is 9.98. The third-order valence-electron chi connectivity index (χ3n) is 3.65. The zero-order valence-corrected chi connectivity index (χ0v) is 12.4. The van der Waals surface area contributed by atoms with E-state index < -0.39 is 0 Å². The van der Waals surface area contributed by atoms with Gasteiger partial charge in [0.1, 0.15) is 5.75 Å². The van der Waals surface area contributed by atoms with Crippen LogP contribution in [0, 0.1) is 5.92 Å². The van der Waals surface area contributed by atoms with Gasteiger partial charge in [0.05, 0.1) is 30.1 Å². The first-order chi connectivity index (χ1) is 10.2. The number of hydrogen-bond acceptors (Lipinski definition) is 4. The van der Waals surface area contributed by atoms with Crippen molar-refractivity contribution in [1.29, 1.82) is 0 Å². The topological polar surface area (TPSA) is 62.3 Å². The van der Waals surface area contributed by atoms with Crippen molar-refractivity contribution in [3.8, 4) is 11.4 Å². The monoisotopic (exact) mass is 307 g/mol. The molecule has 2 atom stereocenters. The SMILES string of the molecule is N[C@H]1CCOC[C@@H]1COc1ccc(-n2cc(Cl)cn2)cc1. The molecule has 3 rings (SSSR count). The number of halogens is 1. The summed E-state index contributed by atoms with van der Waals surface area (Å²) in [5, 5.41) is 4.77. The van der Waals surface area contributed by atoms with E-state index in [1.165, 1.54) is 0 Å². The van der Waals surface area contributed by atoms with Crippen molar-refractivity contribution in [3.63, 3.8) is 0 Å². The molecule has 6 heteroatoms. The molecule has 0 saturated carbocycles. The minimum Gasteiger partial charge on any atom is -0.493 e. The minimum absolute atomic E-state index is 0.157. The van der Waals surface area contributed by atoms with Gasteiger partial charge in [-0.25, -0.2) is 4.68 Å². The molecule has 1 aromatic carbocycles. The summed E-state index contributed by atoms with van der Waals surface area (Å²) in [5.74, 6) is 1.07. The van der Waals surface area contributed by atoms with Crippen molar-refractivity contribution >= 4 is 11.6 Å². The van der Waals surface area contributed by atoms with Crippen LogP contribution in [0.4, 0.5) is 0 Å². The van der Waals surface area contributed by atoms with Gasteiger partial charge >= 0.3 is 0 Å². The molecule has 1 fully saturated rings. The maximum Gasteiger partial charge on any atom is 0.119 e. The average molecular weight is 308 g/mol. The second kappa shape index (κ2) is 6.47. The van der Waals surface area contributed by atoms with Crippen LogP contribution < -0.4 is 10.5 Å². The second-order valence-electron chi connectivity index (χ2n) is 5.20. The van der Waals surface area contributed by atoms with Gasteiger partial charge in [-0.2, -0.15) is 5.10 Å². The Morgan fingerprint density at radius 1 is 1.38 bits per heavy atom. The summed E-state index contributed by atoms with van der Waals surface area (Å²) in [7, 11) is 0. The van der Waals surface area contributed by atoms with Gasteiger partial charge in [0, 0.05) is 24.8 Å². The van der Waals surface area contributed by atoms with Crippen LogP contribution in [-0.4, -0.2) is 35.6 Å². The fraction of sp³-hybridized carbons (Fsp3) is 0.400. The fourth-order valence-corrected chi connectivity index (χ4v) is 2.46. The standard InChI is InChI=1S/C15H18ClN3O2/c16-12-7-18-19(8-12)13-1-3-14(4-2-13)21-10-11-9-20-6-5-15(11)17/h1-4,7-8,11,15H,5-6,9-10,17H2/t11-,15+/m1/s1. The molecule has 1 saturated heterocycles. The van der Waals surface area contributed by atoms with Gasteiger partial charge in [0.15, 0.2) is 0 Å². The summed E-state index contributed by atoms with van der Waals surface area (Å²) < 4.78 is 13.0. The Morgan fingerprint density at radius 2 is 2.19 bits per heavy atom. The van der Waals surface area contributed by atoms with Gasteiger partial charge in [0.2, 0.25) is 0 Å². The molecular formula is C15H18ClN3O2. The van der Waals surface area contributed by atoms with E-state index in [-0.39, 0.29) is 12.0 Å². The largest absolute Gasteiger partial charge is 0.493 e. The summed E-state index contributed by atoms with van der Waals surface area (Å²) in [6.45, 7) is 2.00. The molecule has 21 heavy (non-hydrogen) atoms. The highest BCUT2D eigenvalue weighted by atomic mass is 35.5. The Balaban J connectivity index is 1.59. The molecule has 0 radical (unpaired) electrons. The molecule has 0 spiro atoms. The van der Waals surface area contributed by atoms with E-state index in [1.54, 1.807) is 17.1 Å². The van der Waals surface area contributed by atoms with Crippen LogP contribution in [0.2, 0.25) is 5.02 Å². The first-order valence-corrected chi connectivity index (χ1v) is 7.37. The van der Waals surface area contributed by atoms with Crippen LogP contribution in [0.5, 0.6) is 5.75 Å². The molecule has 0 amide bonds. The Labute approximate surface area is 128 Å². The number of benzene rings is 1. The molecule has 5 nitrogen and oxygen atoms in total. The predicted octanol–water partition coefficient (Wildman–Crippen LogP) is 2.27. The number of nitrogens with zero attached hydrogens (tertiary/aromatic N) is 2. The molecule has 1 aromatic heterocycles. The number of hydrogen-bond donors (Lipinski definition) is 1. The summed E-state index contributed by atoms with van der Waals surface area (Å²) in [6.07, 6.45) is 4.26. The van der Waals surface area contributed by atoms with Gasteiger partial charge in [-0.05, 0) is 30.7 Å². The van der Waals surface area contributed by atoms with Crippen LogP contribution >= 0.6 is 11.6 Å². The van der Waals surface area contributed by atoms with Gasteiger partial charge in [0.25, 0.3) is 0 Å². The summed E-state index contributed by atoms with van der Waals surface area (Å²) in [6, 6.07) is 7.87. The highest BCUT2D eigenvalue weighted by Crippen LogP contribution is 2.19. The molecule has 2 heterocycles. The summed E-state index contributed by atoms with van der Waals surface area (Å²) in [5.41, 5.74) is 7.00. The van der Waals surface area contributed by atoms with Gasteiger partial charge in [-0.1, -0.05) is 11.6 Å². The second-order valence-corrected chi connectivity index (χ2v) is 5.63. The van der Waals surface area contributed by atoms with Crippen molar-refractivity contribution in [2.45, 2.75) is 12.5 Å². The molecule has 0 bridgehead atoms. The Hall–Kier alpha value is -1.56. The Bertz CT molecular complexity index is 585. The Kier molecular flexibility index (Phi) is 4.43. The van der Waals surface area contributed by atoms with Crippen LogP contribution in [0.3, 0.4) is 0 Å². The van der Waals surface area contributed by atoms with E-state index in [4.69, 9.17) is 26.8 Å². The number of rotatable bonds is 4. The first-order valence-electron chi connectivity index (χ1n) is 6.99. The van der Waals surface area contributed by atoms with Gasteiger partial charge in [-0.3, -0.25) is 0 Å². The lowest BCUT2D eigenvalue weighted by molar-refractivity contribution is 0.0226. The van der Waals surface area contributed by atoms with E-state index in [2.05, 4.69) is 5.10 Å². The van der Waals surface area contributed by atoms with Crippen molar-refractivity contribution in [2.24, 2.45) is 11.7 Å². The molecule has 0 unspecified atom stereocenters. The average Bonchev–Trinajstić information content (AvgIpc) is 2.94. The van der Waals surface area contributed by atoms with Crippen molar-refractivity contribution in [2.75, 3.05) is 19.8 Å².